The van der Waals surface area contributed by atoms with Gasteiger partial charge in [-0.25, -0.2) is 4.79 Å². The Balaban J connectivity index is 2.25. The molecule has 0 radical (unpaired) electrons. The third-order valence-electron chi connectivity index (χ3n) is 3.25. The minimum absolute atomic E-state index is 0.0579. The average Bonchev–Trinajstić information content (AvgIpc) is 2.85. The van der Waals surface area contributed by atoms with E-state index in [0.29, 0.717) is 11.3 Å². The zero-order valence-corrected chi connectivity index (χ0v) is 12.0. The standard InChI is InChI=1S/C15H16N2O4/c1-8-4-5-11(6-9(8)2)13(15(19)20)16-14(18)12-7-10(3)21-17-12/h4-7,13H,1-3H3,(H,16,18)(H,19,20). The highest BCUT2D eigenvalue weighted by Gasteiger charge is 2.24. The number of benzene rings is 1. The molecule has 1 heterocycles. The lowest BCUT2D eigenvalue weighted by Crippen LogP contribution is -2.34. The van der Waals surface area contributed by atoms with Crippen molar-refractivity contribution in [2.75, 3.05) is 0 Å². The number of rotatable bonds is 4. The maximum Gasteiger partial charge on any atom is 0.330 e. The minimum atomic E-state index is -1.13. The summed E-state index contributed by atoms with van der Waals surface area (Å²) in [7, 11) is 0. The lowest BCUT2D eigenvalue weighted by molar-refractivity contribution is -0.139. The number of carbonyl (C=O) groups excluding carboxylic acids is 1. The number of hydrogen-bond acceptors (Lipinski definition) is 4. The van der Waals surface area contributed by atoms with E-state index in [-0.39, 0.29) is 5.69 Å². The van der Waals surface area contributed by atoms with Gasteiger partial charge in [0, 0.05) is 6.07 Å². The number of amides is 1. The number of hydrogen-bond donors (Lipinski definition) is 2. The third-order valence-corrected chi connectivity index (χ3v) is 3.25. The Hall–Kier alpha value is -2.63. The molecule has 0 aliphatic heterocycles. The molecule has 110 valence electrons. The smallest absolute Gasteiger partial charge is 0.330 e. The van der Waals surface area contributed by atoms with E-state index in [1.54, 1.807) is 19.1 Å². The molecule has 0 saturated carbocycles. The summed E-state index contributed by atoms with van der Waals surface area (Å²) in [5.74, 6) is -1.23. The first-order chi connectivity index (χ1) is 9.88. The summed E-state index contributed by atoms with van der Waals surface area (Å²) in [5, 5.41) is 15.4. The van der Waals surface area contributed by atoms with Crippen LogP contribution in [0.4, 0.5) is 0 Å². The van der Waals surface area contributed by atoms with Crippen LogP contribution in [0, 0.1) is 20.8 Å². The Kier molecular flexibility index (Phi) is 4.07. The Morgan fingerprint density at radius 3 is 2.43 bits per heavy atom. The molecular formula is C15H16N2O4. The van der Waals surface area contributed by atoms with Gasteiger partial charge in [-0.3, -0.25) is 4.79 Å². The molecule has 1 atom stereocenters. The van der Waals surface area contributed by atoms with E-state index in [1.165, 1.54) is 6.07 Å². The van der Waals surface area contributed by atoms with Gasteiger partial charge in [0.1, 0.15) is 5.76 Å². The van der Waals surface area contributed by atoms with Gasteiger partial charge in [0.05, 0.1) is 0 Å². The Bertz CT molecular complexity index is 691. The number of nitrogens with zero attached hydrogens (tertiary/aromatic N) is 1. The first-order valence-corrected chi connectivity index (χ1v) is 6.42. The molecule has 2 aromatic rings. The van der Waals surface area contributed by atoms with Crippen molar-refractivity contribution in [3.8, 4) is 0 Å². The van der Waals surface area contributed by atoms with Crippen LogP contribution in [0.3, 0.4) is 0 Å². The molecule has 1 aromatic heterocycles. The molecule has 0 bridgehead atoms. The highest BCUT2D eigenvalue weighted by Crippen LogP contribution is 2.18. The Labute approximate surface area is 121 Å². The SMILES string of the molecule is Cc1cc(C(=O)NC(C(=O)O)c2ccc(C)c(C)c2)no1. The van der Waals surface area contributed by atoms with E-state index in [2.05, 4.69) is 10.5 Å². The third kappa shape index (κ3) is 3.28. The predicted octanol–water partition coefficient (Wildman–Crippen LogP) is 2.16. The highest BCUT2D eigenvalue weighted by atomic mass is 16.5. The van der Waals surface area contributed by atoms with E-state index in [9.17, 15) is 14.7 Å². The zero-order chi connectivity index (χ0) is 15.6. The topological polar surface area (TPSA) is 92.4 Å². The van der Waals surface area contributed by atoms with Crippen LogP contribution in [-0.4, -0.2) is 22.1 Å². The molecule has 0 saturated heterocycles. The summed E-state index contributed by atoms with van der Waals surface area (Å²) in [6, 6.07) is 5.59. The molecule has 0 spiro atoms. The molecule has 2 rings (SSSR count). The van der Waals surface area contributed by atoms with Gasteiger partial charge in [-0.05, 0) is 37.5 Å². The summed E-state index contributed by atoms with van der Waals surface area (Å²) in [4.78, 5) is 23.4. The molecule has 21 heavy (non-hydrogen) atoms. The van der Waals surface area contributed by atoms with Gasteiger partial charge >= 0.3 is 5.97 Å². The van der Waals surface area contributed by atoms with E-state index < -0.39 is 17.9 Å². The van der Waals surface area contributed by atoms with Crippen LogP contribution >= 0.6 is 0 Å². The van der Waals surface area contributed by atoms with E-state index in [0.717, 1.165) is 11.1 Å². The van der Waals surface area contributed by atoms with Crippen LogP contribution in [0.5, 0.6) is 0 Å². The van der Waals surface area contributed by atoms with Crippen molar-refractivity contribution in [3.05, 3.63) is 52.4 Å². The number of aromatic nitrogens is 1. The fourth-order valence-corrected chi connectivity index (χ4v) is 1.91. The van der Waals surface area contributed by atoms with Gasteiger partial charge in [0.2, 0.25) is 0 Å². The largest absolute Gasteiger partial charge is 0.479 e. The molecule has 1 unspecified atom stereocenters. The van der Waals surface area contributed by atoms with Crippen LogP contribution in [0.1, 0.15) is 39.0 Å². The van der Waals surface area contributed by atoms with Crippen molar-refractivity contribution in [1.29, 1.82) is 0 Å². The Morgan fingerprint density at radius 2 is 1.90 bits per heavy atom. The Morgan fingerprint density at radius 1 is 1.19 bits per heavy atom. The number of nitrogens with one attached hydrogen (secondary N) is 1. The summed E-state index contributed by atoms with van der Waals surface area (Å²) in [5.41, 5.74) is 2.59. The quantitative estimate of drug-likeness (QED) is 0.899. The molecular weight excluding hydrogens is 272 g/mol. The van der Waals surface area contributed by atoms with Crippen molar-refractivity contribution in [3.63, 3.8) is 0 Å². The second-order valence-electron chi connectivity index (χ2n) is 4.91. The lowest BCUT2D eigenvalue weighted by atomic mass is 10.0. The van der Waals surface area contributed by atoms with Crippen molar-refractivity contribution in [1.82, 2.24) is 10.5 Å². The minimum Gasteiger partial charge on any atom is -0.479 e. The van der Waals surface area contributed by atoms with Crippen molar-refractivity contribution in [2.24, 2.45) is 0 Å². The fourth-order valence-electron chi connectivity index (χ4n) is 1.91. The van der Waals surface area contributed by atoms with Gasteiger partial charge < -0.3 is 14.9 Å². The summed E-state index contributed by atoms with van der Waals surface area (Å²) in [6.45, 7) is 5.48. The second-order valence-corrected chi connectivity index (χ2v) is 4.91. The number of carboxylic acids is 1. The summed E-state index contributed by atoms with van der Waals surface area (Å²) >= 11 is 0. The highest BCUT2D eigenvalue weighted by molar-refractivity contribution is 5.95. The number of aliphatic carboxylic acids is 1. The number of carboxylic acid groups (broad SMARTS) is 1. The van der Waals surface area contributed by atoms with Crippen LogP contribution < -0.4 is 5.32 Å². The number of carbonyl (C=O) groups is 2. The monoisotopic (exact) mass is 288 g/mol. The van der Waals surface area contributed by atoms with Crippen molar-refractivity contribution >= 4 is 11.9 Å². The van der Waals surface area contributed by atoms with Crippen molar-refractivity contribution < 1.29 is 19.2 Å². The summed E-state index contributed by atoms with van der Waals surface area (Å²) < 4.78 is 4.81. The lowest BCUT2D eigenvalue weighted by Gasteiger charge is -2.15. The molecule has 0 fully saturated rings. The predicted molar refractivity (Wildman–Crippen MR) is 75.0 cm³/mol. The van der Waals surface area contributed by atoms with Gasteiger partial charge in [-0.2, -0.15) is 0 Å². The molecule has 2 N–H and O–H groups in total. The molecule has 6 heteroatoms. The maximum atomic E-state index is 12.0. The summed E-state index contributed by atoms with van der Waals surface area (Å²) in [6.07, 6.45) is 0. The van der Waals surface area contributed by atoms with Gasteiger partial charge in [0.25, 0.3) is 5.91 Å². The van der Waals surface area contributed by atoms with Crippen LogP contribution in [0.2, 0.25) is 0 Å². The van der Waals surface area contributed by atoms with Crippen molar-refractivity contribution in [2.45, 2.75) is 26.8 Å². The molecule has 1 aromatic carbocycles. The van der Waals surface area contributed by atoms with Crippen LogP contribution in [-0.2, 0) is 4.79 Å². The molecule has 0 aliphatic carbocycles. The van der Waals surface area contributed by atoms with Gasteiger partial charge in [-0.15, -0.1) is 0 Å². The van der Waals surface area contributed by atoms with Crippen LogP contribution in [0.25, 0.3) is 0 Å². The normalized spacial score (nSPS) is 12.0. The second kappa shape index (κ2) is 5.78. The molecule has 6 nitrogen and oxygen atoms in total. The maximum absolute atomic E-state index is 12.0. The number of aryl methyl sites for hydroxylation is 3. The fraction of sp³-hybridized carbons (Fsp3) is 0.267. The van der Waals surface area contributed by atoms with Gasteiger partial charge in [-0.1, -0.05) is 23.4 Å². The molecule has 0 aliphatic rings. The molecule has 1 amide bonds. The first-order valence-electron chi connectivity index (χ1n) is 6.42. The van der Waals surface area contributed by atoms with E-state index in [4.69, 9.17) is 4.52 Å². The average molecular weight is 288 g/mol. The first kappa shape index (κ1) is 14.8. The van der Waals surface area contributed by atoms with Crippen LogP contribution in [0.15, 0.2) is 28.8 Å². The zero-order valence-electron chi connectivity index (χ0n) is 12.0. The van der Waals surface area contributed by atoms with E-state index in [1.807, 2.05) is 19.9 Å². The van der Waals surface area contributed by atoms with E-state index >= 15 is 0 Å². The van der Waals surface area contributed by atoms with Gasteiger partial charge in [0.15, 0.2) is 11.7 Å².